The van der Waals surface area contributed by atoms with Gasteiger partial charge < -0.3 is 15.4 Å². The van der Waals surface area contributed by atoms with Gasteiger partial charge in [-0.25, -0.2) is 4.79 Å². The van der Waals surface area contributed by atoms with E-state index in [9.17, 15) is 14.4 Å². The Labute approximate surface area is 217 Å². The minimum atomic E-state index is -1.03. The van der Waals surface area contributed by atoms with Crippen LogP contribution < -0.4 is 15.5 Å². The van der Waals surface area contributed by atoms with Crippen LogP contribution in [0, 0.1) is 6.92 Å². The Kier molecular flexibility index (Phi) is 7.43. The van der Waals surface area contributed by atoms with Crippen molar-refractivity contribution >= 4 is 34.9 Å². The Bertz CT molecular complexity index is 1340. The first-order chi connectivity index (χ1) is 17.6. The number of esters is 1. The third-order valence-electron chi connectivity index (χ3n) is 5.82. The number of anilines is 2. The number of amides is 3. The third kappa shape index (κ3) is 6.25. The molecular weight excluding hydrogens is 466 g/mol. The summed E-state index contributed by atoms with van der Waals surface area (Å²) in [5.41, 5.74) is 3.83. The molecule has 0 saturated carbocycles. The molecule has 3 aromatic carbocycles. The van der Waals surface area contributed by atoms with Crippen LogP contribution in [-0.4, -0.2) is 36.1 Å². The van der Waals surface area contributed by atoms with Crippen molar-refractivity contribution in [2.24, 2.45) is 0 Å². The van der Waals surface area contributed by atoms with Crippen LogP contribution in [0.4, 0.5) is 16.2 Å². The number of benzene rings is 3. The second kappa shape index (κ2) is 10.7. The maximum absolute atomic E-state index is 13.9. The molecule has 7 heteroatoms. The molecule has 0 aliphatic carbocycles. The van der Waals surface area contributed by atoms with E-state index in [0.717, 1.165) is 22.3 Å². The average molecular weight is 498 g/mol. The minimum absolute atomic E-state index is 0.291. The number of carbonyl (C=O) groups is 3. The lowest BCUT2D eigenvalue weighted by Gasteiger charge is -2.27. The Morgan fingerprint density at radius 2 is 1.57 bits per heavy atom. The first-order valence-electron chi connectivity index (χ1n) is 12.2. The Morgan fingerprint density at radius 1 is 0.919 bits per heavy atom. The van der Waals surface area contributed by atoms with Crippen LogP contribution in [0.25, 0.3) is 5.57 Å². The minimum Gasteiger partial charge on any atom is -0.459 e. The van der Waals surface area contributed by atoms with Crippen molar-refractivity contribution in [1.29, 1.82) is 0 Å². The van der Waals surface area contributed by atoms with Gasteiger partial charge in [0.2, 0.25) is 0 Å². The van der Waals surface area contributed by atoms with E-state index in [-0.39, 0.29) is 6.54 Å². The molecule has 4 rings (SSSR count). The van der Waals surface area contributed by atoms with Crippen LogP contribution in [0.15, 0.2) is 84.9 Å². The molecule has 37 heavy (non-hydrogen) atoms. The maximum atomic E-state index is 13.9. The lowest BCUT2D eigenvalue weighted by Crippen LogP contribution is -2.50. The first kappa shape index (κ1) is 25.7. The molecule has 0 fully saturated rings. The highest BCUT2D eigenvalue weighted by molar-refractivity contribution is 6.09. The van der Waals surface area contributed by atoms with E-state index >= 15 is 0 Å². The molecule has 3 aromatic rings. The third-order valence-corrected chi connectivity index (χ3v) is 5.82. The van der Waals surface area contributed by atoms with Crippen LogP contribution >= 0.6 is 0 Å². The van der Waals surface area contributed by atoms with Gasteiger partial charge in [-0.2, -0.15) is 0 Å². The highest BCUT2D eigenvalue weighted by Gasteiger charge is 2.34. The number of nitrogens with one attached hydrogen (secondary N) is 2. The van der Waals surface area contributed by atoms with E-state index in [0.29, 0.717) is 11.4 Å². The second-order valence-electron chi connectivity index (χ2n) is 9.87. The summed E-state index contributed by atoms with van der Waals surface area (Å²) in [6, 6.07) is 22.9. The molecular formula is C30H31N3O4. The fourth-order valence-corrected chi connectivity index (χ4v) is 4.20. The molecule has 0 aromatic heterocycles. The molecule has 7 nitrogen and oxygen atoms in total. The highest BCUT2D eigenvalue weighted by Crippen LogP contribution is 2.35. The van der Waals surface area contributed by atoms with Gasteiger partial charge in [0.1, 0.15) is 18.2 Å². The fourth-order valence-electron chi connectivity index (χ4n) is 4.20. The Morgan fingerprint density at radius 3 is 2.27 bits per heavy atom. The van der Waals surface area contributed by atoms with Crippen molar-refractivity contribution in [2.75, 3.05) is 16.8 Å². The van der Waals surface area contributed by atoms with Gasteiger partial charge in [-0.05, 0) is 62.6 Å². The van der Waals surface area contributed by atoms with Gasteiger partial charge in [-0.3, -0.25) is 14.5 Å². The molecule has 190 valence electrons. The van der Waals surface area contributed by atoms with Gasteiger partial charge in [0.25, 0.3) is 5.91 Å². The lowest BCUT2D eigenvalue weighted by molar-refractivity contribution is -0.153. The number of carbonyl (C=O) groups excluding carboxylic acids is 3. The van der Waals surface area contributed by atoms with Crippen molar-refractivity contribution in [3.05, 3.63) is 102 Å². The number of aryl methyl sites for hydroxylation is 1. The van der Waals surface area contributed by atoms with Gasteiger partial charge in [0.15, 0.2) is 0 Å². The van der Waals surface area contributed by atoms with Crippen LogP contribution in [0.2, 0.25) is 0 Å². The van der Waals surface area contributed by atoms with Crippen molar-refractivity contribution in [2.45, 2.75) is 39.3 Å². The van der Waals surface area contributed by atoms with Gasteiger partial charge in [0.05, 0.1) is 5.69 Å². The average Bonchev–Trinajstić information content (AvgIpc) is 2.96. The highest BCUT2D eigenvalue weighted by atomic mass is 16.6. The molecule has 1 unspecified atom stereocenters. The zero-order valence-electron chi connectivity index (χ0n) is 21.4. The van der Waals surface area contributed by atoms with Crippen molar-refractivity contribution < 1.29 is 19.1 Å². The molecule has 2 N–H and O–H groups in total. The fraction of sp³-hybridized carbons (Fsp3) is 0.233. The van der Waals surface area contributed by atoms with Crippen LogP contribution in [0.5, 0.6) is 0 Å². The number of para-hydroxylation sites is 2. The summed E-state index contributed by atoms with van der Waals surface area (Å²) in [5.74, 6) is -0.980. The number of fused-ring (bicyclic) bond motifs is 1. The predicted octanol–water partition coefficient (Wildman–Crippen LogP) is 5.31. The quantitative estimate of drug-likeness (QED) is 0.468. The topological polar surface area (TPSA) is 87.7 Å². The summed E-state index contributed by atoms with van der Waals surface area (Å²) >= 11 is 0. The lowest BCUT2D eigenvalue weighted by atomic mass is 9.95. The van der Waals surface area contributed by atoms with Gasteiger partial charge in [-0.15, -0.1) is 0 Å². The molecule has 0 spiro atoms. The van der Waals surface area contributed by atoms with E-state index in [1.165, 1.54) is 4.90 Å². The summed E-state index contributed by atoms with van der Waals surface area (Å²) in [6.07, 6.45) is 1.74. The van der Waals surface area contributed by atoms with E-state index in [4.69, 9.17) is 4.74 Å². The molecule has 0 radical (unpaired) electrons. The molecule has 1 aliphatic rings. The molecule has 3 amide bonds. The van der Waals surface area contributed by atoms with E-state index in [2.05, 4.69) is 10.6 Å². The number of urea groups is 1. The van der Waals surface area contributed by atoms with E-state index in [1.807, 2.05) is 73.7 Å². The van der Waals surface area contributed by atoms with E-state index < -0.39 is 29.6 Å². The standard InChI is InChI=1S/C30H31N3O4/c1-20-12-8-10-16-24(20)31-29(36)32-25-18-23(21-13-6-5-7-14-21)22-15-9-11-17-26(22)33(28(25)35)19-27(34)37-30(2,3)4/h5-18,25H,19H2,1-4H3,(H2,31,32,36). The Hall–Kier alpha value is -4.39. The van der Waals surface area contributed by atoms with Crippen molar-refractivity contribution in [3.63, 3.8) is 0 Å². The molecule has 0 saturated heterocycles. The van der Waals surface area contributed by atoms with Gasteiger partial charge >= 0.3 is 12.0 Å². The van der Waals surface area contributed by atoms with Crippen LogP contribution in [-0.2, 0) is 14.3 Å². The smallest absolute Gasteiger partial charge is 0.326 e. The summed E-state index contributed by atoms with van der Waals surface area (Å²) in [5, 5.41) is 5.62. The van der Waals surface area contributed by atoms with Crippen LogP contribution in [0.3, 0.4) is 0 Å². The maximum Gasteiger partial charge on any atom is 0.326 e. The predicted molar refractivity (Wildman–Crippen MR) is 145 cm³/mol. The number of ether oxygens (including phenoxy) is 1. The number of hydrogen-bond donors (Lipinski definition) is 2. The second-order valence-corrected chi connectivity index (χ2v) is 9.87. The molecule has 1 heterocycles. The number of hydrogen-bond acceptors (Lipinski definition) is 4. The van der Waals surface area contributed by atoms with Gasteiger partial charge in [0, 0.05) is 11.3 Å². The molecule has 0 bridgehead atoms. The first-order valence-corrected chi connectivity index (χ1v) is 12.2. The van der Waals surface area contributed by atoms with E-state index in [1.54, 1.807) is 39.0 Å². The summed E-state index contributed by atoms with van der Waals surface area (Å²) in [7, 11) is 0. The summed E-state index contributed by atoms with van der Waals surface area (Å²) in [6.45, 7) is 6.93. The van der Waals surface area contributed by atoms with Crippen LogP contribution in [0.1, 0.15) is 37.5 Å². The number of rotatable bonds is 5. The molecule has 1 atom stereocenters. The largest absolute Gasteiger partial charge is 0.459 e. The van der Waals surface area contributed by atoms with Crippen molar-refractivity contribution in [1.82, 2.24) is 5.32 Å². The zero-order valence-corrected chi connectivity index (χ0v) is 21.4. The normalized spacial score (nSPS) is 15.2. The van der Waals surface area contributed by atoms with Crippen molar-refractivity contribution in [3.8, 4) is 0 Å². The zero-order chi connectivity index (χ0) is 26.6. The molecule has 1 aliphatic heterocycles. The van der Waals surface area contributed by atoms with Gasteiger partial charge in [-0.1, -0.05) is 66.7 Å². The summed E-state index contributed by atoms with van der Waals surface area (Å²) < 4.78 is 5.52. The summed E-state index contributed by atoms with van der Waals surface area (Å²) in [4.78, 5) is 41.1. The Balaban J connectivity index is 1.74. The monoisotopic (exact) mass is 497 g/mol. The number of nitrogens with zero attached hydrogens (tertiary/aromatic N) is 1. The SMILES string of the molecule is Cc1ccccc1NC(=O)NC1C=C(c2ccccc2)c2ccccc2N(CC(=O)OC(C)(C)C)C1=O.